The van der Waals surface area contributed by atoms with Gasteiger partial charge in [0.25, 0.3) is 0 Å². The lowest BCUT2D eigenvalue weighted by Gasteiger charge is -2.16. The highest BCUT2D eigenvalue weighted by molar-refractivity contribution is 5.50. The largest absolute Gasteiger partial charge is 0.493 e. The molecule has 16 heavy (non-hydrogen) atoms. The molecule has 0 fully saturated rings. The Morgan fingerprint density at radius 2 is 1.94 bits per heavy atom. The van der Waals surface area contributed by atoms with E-state index in [0.29, 0.717) is 24.7 Å². The van der Waals surface area contributed by atoms with Gasteiger partial charge in [-0.3, -0.25) is 0 Å². The fourth-order valence-electron chi connectivity index (χ4n) is 1.59. The van der Waals surface area contributed by atoms with Crippen molar-refractivity contribution in [3.63, 3.8) is 0 Å². The molecule has 1 aromatic rings. The molecule has 5 nitrogen and oxygen atoms in total. The van der Waals surface area contributed by atoms with E-state index in [1.807, 2.05) is 6.07 Å². The summed E-state index contributed by atoms with van der Waals surface area (Å²) in [6.07, 6.45) is 0. The molecule has 5 heteroatoms. The fourth-order valence-corrected chi connectivity index (χ4v) is 1.59. The highest BCUT2D eigenvalue weighted by Crippen LogP contribution is 2.33. The fraction of sp³-hybridized carbons (Fsp3) is 0.455. The summed E-state index contributed by atoms with van der Waals surface area (Å²) >= 11 is 0. The van der Waals surface area contributed by atoms with Crippen molar-refractivity contribution in [3.8, 4) is 11.5 Å². The van der Waals surface area contributed by atoms with Gasteiger partial charge in [-0.05, 0) is 11.6 Å². The van der Waals surface area contributed by atoms with Crippen LogP contribution in [0.3, 0.4) is 0 Å². The maximum atomic E-state index is 8.74. The molecule has 1 rings (SSSR count). The van der Waals surface area contributed by atoms with Gasteiger partial charge in [0.05, 0.1) is 20.8 Å². The first-order valence-electron chi connectivity index (χ1n) is 4.87. The van der Waals surface area contributed by atoms with E-state index >= 15 is 0 Å². The lowest BCUT2D eigenvalue weighted by molar-refractivity contribution is 0.156. The minimum Gasteiger partial charge on any atom is -0.493 e. The van der Waals surface area contributed by atoms with Crippen LogP contribution in [0.5, 0.6) is 11.5 Å². The first kappa shape index (κ1) is 12.8. The van der Waals surface area contributed by atoms with Crippen LogP contribution in [-0.4, -0.2) is 26.5 Å². The highest BCUT2D eigenvalue weighted by Gasteiger charge is 2.14. The molecule has 90 valence electrons. The maximum Gasteiger partial charge on any atom is 0.166 e. The van der Waals surface area contributed by atoms with Crippen LogP contribution < -0.4 is 15.0 Å². The van der Waals surface area contributed by atoms with Crippen molar-refractivity contribution in [2.75, 3.05) is 21.3 Å². The van der Waals surface area contributed by atoms with Gasteiger partial charge in [0, 0.05) is 19.2 Å². The second-order valence-corrected chi connectivity index (χ2v) is 3.21. The summed E-state index contributed by atoms with van der Waals surface area (Å²) in [5.41, 5.74) is 3.89. The van der Waals surface area contributed by atoms with Crippen molar-refractivity contribution >= 4 is 0 Å². The van der Waals surface area contributed by atoms with Crippen LogP contribution in [0, 0.1) is 0 Å². The number of benzene rings is 1. The standard InChI is InChI=1S/C11H17NO4/c1-14-7-9-8(6-12-13)4-5-10(15-2)11(9)16-3/h4-5,12-13H,6-7H2,1-3H3. The summed E-state index contributed by atoms with van der Waals surface area (Å²) in [7, 11) is 4.76. The van der Waals surface area contributed by atoms with Crippen LogP contribution in [-0.2, 0) is 17.9 Å². The van der Waals surface area contributed by atoms with Gasteiger partial charge in [0.2, 0.25) is 0 Å². The smallest absolute Gasteiger partial charge is 0.166 e. The molecule has 0 radical (unpaired) electrons. The summed E-state index contributed by atoms with van der Waals surface area (Å²) in [4.78, 5) is 0. The van der Waals surface area contributed by atoms with Crippen molar-refractivity contribution in [3.05, 3.63) is 23.3 Å². The Labute approximate surface area is 94.9 Å². The van der Waals surface area contributed by atoms with Gasteiger partial charge in [-0.15, -0.1) is 0 Å². The Kier molecular flexibility index (Phi) is 5.04. The Hall–Kier alpha value is -1.30. The van der Waals surface area contributed by atoms with Crippen molar-refractivity contribution in [1.82, 2.24) is 5.48 Å². The summed E-state index contributed by atoms with van der Waals surface area (Å²) in [6.45, 7) is 0.733. The molecule has 0 saturated carbocycles. The third kappa shape index (κ3) is 2.63. The van der Waals surface area contributed by atoms with Crippen LogP contribution in [0.2, 0.25) is 0 Å². The van der Waals surface area contributed by atoms with Gasteiger partial charge in [0.15, 0.2) is 11.5 Å². The lowest BCUT2D eigenvalue weighted by atomic mass is 10.1. The van der Waals surface area contributed by atoms with Crippen LogP contribution in [0.15, 0.2) is 12.1 Å². The van der Waals surface area contributed by atoms with Gasteiger partial charge in [-0.25, -0.2) is 5.48 Å². The molecule has 0 saturated heterocycles. The highest BCUT2D eigenvalue weighted by atomic mass is 16.5. The molecule has 0 unspecified atom stereocenters. The van der Waals surface area contributed by atoms with Crippen LogP contribution in [0.4, 0.5) is 0 Å². The maximum absolute atomic E-state index is 8.74. The summed E-state index contributed by atoms with van der Waals surface area (Å²) in [6, 6.07) is 3.66. The van der Waals surface area contributed by atoms with E-state index in [1.165, 1.54) is 0 Å². The number of rotatable bonds is 6. The minimum atomic E-state index is 0.332. The molecule has 0 heterocycles. The normalized spacial score (nSPS) is 10.2. The summed E-state index contributed by atoms with van der Waals surface area (Å²) < 4.78 is 15.6. The molecule has 0 amide bonds. The molecule has 1 aromatic carbocycles. The third-order valence-corrected chi connectivity index (χ3v) is 2.30. The topological polar surface area (TPSA) is 60.0 Å². The second kappa shape index (κ2) is 6.32. The van der Waals surface area contributed by atoms with E-state index in [4.69, 9.17) is 19.4 Å². The zero-order chi connectivity index (χ0) is 12.0. The Morgan fingerprint density at radius 3 is 2.44 bits per heavy atom. The Balaban J connectivity index is 3.20. The molecule has 0 aromatic heterocycles. The predicted molar refractivity (Wildman–Crippen MR) is 58.9 cm³/mol. The van der Waals surface area contributed by atoms with Crippen molar-refractivity contribution in [1.29, 1.82) is 0 Å². The van der Waals surface area contributed by atoms with Gasteiger partial charge < -0.3 is 19.4 Å². The van der Waals surface area contributed by atoms with Crippen molar-refractivity contribution in [2.24, 2.45) is 0 Å². The average Bonchev–Trinajstić information content (AvgIpc) is 2.31. The summed E-state index contributed by atoms with van der Waals surface area (Å²) in [5, 5.41) is 8.74. The number of methoxy groups -OCH3 is 3. The Bertz CT molecular complexity index is 341. The molecule has 0 atom stereocenters. The number of hydrogen-bond acceptors (Lipinski definition) is 5. The molecule has 2 N–H and O–H groups in total. The SMILES string of the molecule is COCc1c(CNO)ccc(OC)c1OC. The molecular formula is C11H17NO4. The van der Waals surface area contributed by atoms with Gasteiger partial charge in [-0.2, -0.15) is 0 Å². The minimum absolute atomic E-state index is 0.332. The van der Waals surface area contributed by atoms with E-state index in [0.717, 1.165) is 11.1 Å². The van der Waals surface area contributed by atoms with E-state index in [1.54, 1.807) is 27.4 Å². The molecule has 0 aliphatic carbocycles. The summed E-state index contributed by atoms with van der Waals surface area (Å²) in [5.74, 6) is 1.29. The molecule has 0 aliphatic rings. The average molecular weight is 227 g/mol. The van der Waals surface area contributed by atoms with E-state index in [2.05, 4.69) is 5.48 Å². The van der Waals surface area contributed by atoms with Crippen molar-refractivity contribution in [2.45, 2.75) is 13.2 Å². The molecule has 0 spiro atoms. The lowest BCUT2D eigenvalue weighted by Crippen LogP contribution is -2.10. The van der Waals surface area contributed by atoms with E-state index in [-0.39, 0.29) is 0 Å². The van der Waals surface area contributed by atoms with Crippen molar-refractivity contribution < 1.29 is 19.4 Å². The molecular weight excluding hydrogens is 210 g/mol. The first-order valence-corrected chi connectivity index (χ1v) is 4.87. The Morgan fingerprint density at radius 1 is 1.19 bits per heavy atom. The molecule has 0 aliphatic heterocycles. The van der Waals surface area contributed by atoms with Crippen LogP contribution >= 0.6 is 0 Å². The monoisotopic (exact) mass is 227 g/mol. The first-order chi connectivity index (χ1) is 7.78. The number of nitrogens with one attached hydrogen (secondary N) is 1. The van der Waals surface area contributed by atoms with Crippen LogP contribution in [0.1, 0.15) is 11.1 Å². The molecule has 0 bridgehead atoms. The van der Waals surface area contributed by atoms with E-state index in [9.17, 15) is 0 Å². The van der Waals surface area contributed by atoms with Gasteiger partial charge in [0.1, 0.15) is 0 Å². The number of hydroxylamine groups is 1. The predicted octanol–water partition coefficient (Wildman–Crippen LogP) is 1.33. The van der Waals surface area contributed by atoms with Gasteiger partial charge in [-0.1, -0.05) is 6.07 Å². The zero-order valence-electron chi connectivity index (χ0n) is 9.74. The van der Waals surface area contributed by atoms with Crippen LogP contribution in [0.25, 0.3) is 0 Å². The van der Waals surface area contributed by atoms with Gasteiger partial charge >= 0.3 is 0 Å². The third-order valence-electron chi connectivity index (χ3n) is 2.30. The quantitative estimate of drug-likeness (QED) is 0.718. The zero-order valence-corrected chi connectivity index (χ0v) is 9.74. The van der Waals surface area contributed by atoms with E-state index < -0.39 is 0 Å². The number of ether oxygens (including phenoxy) is 3. The number of hydrogen-bond donors (Lipinski definition) is 2. The second-order valence-electron chi connectivity index (χ2n) is 3.21.